The third-order valence-corrected chi connectivity index (χ3v) is 2.35. The molecule has 0 bridgehead atoms. The summed E-state index contributed by atoms with van der Waals surface area (Å²) in [7, 11) is 0. The first-order valence-corrected chi connectivity index (χ1v) is 5.67. The fourth-order valence-electron chi connectivity index (χ4n) is 1.47. The molecule has 8 heteroatoms. The highest BCUT2D eigenvalue weighted by molar-refractivity contribution is 5.92. The van der Waals surface area contributed by atoms with E-state index in [0.29, 0.717) is 5.69 Å². The van der Waals surface area contributed by atoms with Gasteiger partial charge in [0.25, 0.3) is 0 Å². The van der Waals surface area contributed by atoms with Gasteiger partial charge in [-0.15, -0.1) is 11.5 Å². The van der Waals surface area contributed by atoms with Crippen molar-refractivity contribution >= 4 is 11.6 Å². The third kappa shape index (κ3) is 3.37. The number of anilines is 1. The predicted molar refractivity (Wildman–Crippen MR) is 69.4 cm³/mol. The molecule has 0 fully saturated rings. The molecule has 0 unspecified atom stereocenters. The molecule has 0 aliphatic heterocycles. The van der Waals surface area contributed by atoms with Gasteiger partial charge in [-0.3, -0.25) is 10.1 Å². The van der Waals surface area contributed by atoms with Crippen molar-refractivity contribution in [2.75, 3.05) is 18.4 Å². The van der Waals surface area contributed by atoms with Gasteiger partial charge in [-0.25, -0.2) is 9.07 Å². The smallest absolute Gasteiger partial charge is 0.238 e. The standard InChI is InChI=1S/C12H11FN6O/c1-2-5-14-7-12(20)16-11-6-9(3-4-10(11)13)19-8-15-17-18-19/h1,3-4,6,8,14H,5,7H2,(H,16,20). The summed E-state index contributed by atoms with van der Waals surface area (Å²) in [5.41, 5.74) is 0.578. The summed E-state index contributed by atoms with van der Waals surface area (Å²) in [6.07, 6.45) is 6.41. The maximum atomic E-state index is 13.6. The molecular weight excluding hydrogens is 263 g/mol. The van der Waals surface area contributed by atoms with E-state index >= 15 is 0 Å². The van der Waals surface area contributed by atoms with Crippen LogP contribution in [0.15, 0.2) is 24.5 Å². The number of aromatic nitrogens is 4. The van der Waals surface area contributed by atoms with E-state index in [1.54, 1.807) is 0 Å². The van der Waals surface area contributed by atoms with Crippen molar-refractivity contribution in [3.63, 3.8) is 0 Å². The molecule has 1 aromatic carbocycles. The number of carbonyl (C=O) groups is 1. The van der Waals surface area contributed by atoms with Crippen molar-refractivity contribution in [2.24, 2.45) is 0 Å². The zero-order chi connectivity index (χ0) is 14.4. The molecular formula is C12H11FN6O. The minimum atomic E-state index is -0.549. The minimum absolute atomic E-state index is 0.00124. The molecule has 0 radical (unpaired) electrons. The van der Waals surface area contributed by atoms with Gasteiger partial charge in [-0.1, -0.05) is 5.92 Å². The van der Waals surface area contributed by atoms with E-state index < -0.39 is 11.7 Å². The summed E-state index contributed by atoms with van der Waals surface area (Å²) < 4.78 is 15.0. The average Bonchev–Trinajstić information content (AvgIpc) is 2.95. The number of carbonyl (C=O) groups excluding carboxylic acids is 1. The van der Waals surface area contributed by atoms with E-state index in [2.05, 4.69) is 32.1 Å². The molecule has 2 N–H and O–H groups in total. The zero-order valence-electron chi connectivity index (χ0n) is 10.4. The van der Waals surface area contributed by atoms with E-state index in [9.17, 15) is 9.18 Å². The number of halogens is 1. The van der Waals surface area contributed by atoms with Gasteiger partial charge in [0.1, 0.15) is 12.1 Å². The number of terminal acetylenes is 1. The summed E-state index contributed by atoms with van der Waals surface area (Å²) in [6.45, 7) is 0.263. The quantitative estimate of drug-likeness (QED) is 0.590. The molecule has 0 saturated carbocycles. The summed E-state index contributed by atoms with van der Waals surface area (Å²) in [6, 6.07) is 4.16. The van der Waals surface area contributed by atoms with Crippen molar-refractivity contribution in [3.8, 4) is 18.0 Å². The lowest BCUT2D eigenvalue weighted by Crippen LogP contribution is -2.28. The Labute approximate surface area is 114 Å². The van der Waals surface area contributed by atoms with Crippen LogP contribution in [0, 0.1) is 18.2 Å². The van der Waals surface area contributed by atoms with Gasteiger partial charge in [-0.2, -0.15) is 0 Å². The number of nitrogens with zero attached hydrogens (tertiary/aromatic N) is 4. The first-order chi connectivity index (χ1) is 9.70. The molecule has 0 atom stereocenters. The zero-order valence-corrected chi connectivity index (χ0v) is 10.4. The van der Waals surface area contributed by atoms with E-state index in [-0.39, 0.29) is 18.8 Å². The van der Waals surface area contributed by atoms with Crippen LogP contribution < -0.4 is 10.6 Å². The summed E-state index contributed by atoms with van der Waals surface area (Å²) in [5, 5.41) is 15.8. The molecule has 7 nitrogen and oxygen atoms in total. The number of amides is 1. The molecule has 2 aromatic rings. The van der Waals surface area contributed by atoms with Crippen LogP contribution in [0.4, 0.5) is 10.1 Å². The van der Waals surface area contributed by atoms with Crippen LogP contribution in [0.25, 0.3) is 5.69 Å². The molecule has 0 aliphatic rings. The topological polar surface area (TPSA) is 84.7 Å². The largest absolute Gasteiger partial charge is 0.322 e. The molecule has 20 heavy (non-hydrogen) atoms. The number of hydrogen-bond donors (Lipinski definition) is 2. The molecule has 1 heterocycles. The second-order valence-electron chi connectivity index (χ2n) is 3.77. The SMILES string of the molecule is C#CCNCC(=O)Nc1cc(-n2cnnn2)ccc1F. The van der Waals surface area contributed by atoms with Crippen LogP contribution in [0.1, 0.15) is 0 Å². The van der Waals surface area contributed by atoms with Crippen molar-refractivity contribution in [3.05, 3.63) is 30.3 Å². The van der Waals surface area contributed by atoms with E-state index in [0.717, 1.165) is 0 Å². The molecule has 0 spiro atoms. The minimum Gasteiger partial charge on any atom is -0.322 e. The van der Waals surface area contributed by atoms with Gasteiger partial charge in [0.05, 0.1) is 24.5 Å². The van der Waals surface area contributed by atoms with Gasteiger partial charge < -0.3 is 5.32 Å². The van der Waals surface area contributed by atoms with Crippen LogP contribution in [0.5, 0.6) is 0 Å². The number of nitrogens with one attached hydrogen (secondary N) is 2. The van der Waals surface area contributed by atoms with Gasteiger partial charge in [0.2, 0.25) is 5.91 Å². The third-order valence-electron chi connectivity index (χ3n) is 2.35. The maximum absolute atomic E-state index is 13.6. The second-order valence-corrected chi connectivity index (χ2v) is 3.77. The summed E-state index contributed by atoms with van der Waals surface area (Å²) >= 11 is 0. The Balaban J connectivity index is 2.09. The summed E-state index contributed by atoms with van der Waals surface area (Å²) in [5.74, 6) is 1.39. The fourth-order valence-corrected chi connectivity index (χ4v) is 1.47. The lowest BCUT2D eigenvalue weighted by Gasteiger charge is -2.08. The number of hydrogen-bond acceptors (Lipinski definition) is 5. The predicted octanol–water partition coefficient (Wildman–Crippen LogP) is -0.0373. The van der Waals surface area contributed by atoms with Crippen LogP contribution >= 0.6 is 0 Å². The summed E-state index contributed by atoms with van der Waals surface area (Å²) in [4.78, 5) is 11.6. The Morgan fingerprint density at radius 3 is 3.05 bits per heavy atom. The molecule has 2 rings (SSSR count). The number of benzene rings is 1. The molecule has 102 valence electrons. The van der Waals surface area contributed by atoms with Gasteiger partial charge in [-0.05, 0) is 28.6 Å². The first-order valence-electron chi connectivity index (χ1n) is 5.67. The van der Waals surface area contributed by atoms with Crippen LogP contribution in [-0.2, 0) is 4.79 Å². The highest BCUT2D eigenvalue weighted by Crippen LogP contribution is 2.17. The first kappa shape index (κ1) is 13.6. The normalized spacial score (nSPS) is 10.0. The lowest BCUT2D eigenvalue weighted by atomic mass is 10.2. The molecule has 1 aromatic heterocycles. The van der Waals surface area contributed by atoms with Gasteiger partial charge in [0.15, 0.2) is 0 Å². The second kappa shape index (κ2) is 6.40. The van der Waals surface area contributed by atoms with Gasteiger partial charge >= 0.3 is 0 Å². The van der Waals surface area contributed by atoms with Crippen LogP contribution in [-0.4, -0.2) is 39.2 Å². The van der Waals surface area contributed by atoms with Gasteiger partial charge in [0, 0.05) is 0 Å². The van der Waals surface area contributed by atoms with Crippen LogP contribution in [0.2, 0.25) is 0 Å². The Morgan fingerprint density at radius 2 is 2.35 bits per heavy atom. The number of tetrazole rings is 1. The number of rotatable bonds is 5. The van der Waals surface area contributed by atoms with Crippen molar-refractivity contribution in [2.45, 2.75) is 0 Å². The van der Waals surface area contributed by atoms with E-state index in [4.69, 9.17) is 6.42 Å². The Hall–Kier alpha value is -2.79. The average molecular weight is 274 g/mol. The van der Waals surface area contributed by atoms with Crippen molar-refractivity contribution < 1.29 is 9.18 Å². The van der Waals surface area contributed by atoms with E-state index in [1.807, 2.05) is 0 Å². The Bertz CT molecular complexity index is 634. The maximum Gasteiger partial charge on any atom is 0.238 e. The monoisotopic (exact) mass is 274 g/mol. The fraction of sp³-hybridized carbons (Fsp3) is 0.167. The Kier molecular flexibility index (Phi) is 4.36. The highest BCUT2D eigenvalue weighted by atomic mass is 19.1. The molecule has 0 saturated heterocycles. The highest BCUT2D eigenvalue weighted by Gasteiger charge is 2.09. The van der Waals surface area contributed by atoms with Crippen LogP contribution in [0.3, 0.4) is 0 Å². The lowest BCUT2D eigenvalue weighted by molar-refractivity contribution is -0.115. The van der Waals surface area contributed by atoms with E-state index in [1.165, 1.54) is 29.2 Å². The van der Waals surface area contributed by atoms with Crippen molar-refractivity contribution in [1.82, 2.24) is 25.5 Å². The Morgan fingerprint density at radius 1 is 1.50 bits per heavy atom. The van der Waals surface area contributed by atoms with Crippen molar-refractivity contribution in [1.29, 1.82) is 0 Å². The molecule has 1 amide bonds. The molecule has 0 aliphatic carbocycles.